The molecule has 0 spiro atoms. The Hall–Kier alpha value is -2.37. The van der Waals surface area contributed by atoms with Crippen molar-refractivity contribution in [3.05, 3.63) is 36.5 Å². The van der Waals surface area contributed by atoms with Crippen molar-refractivity contribution in [3.8, 4) is 0 Å². The lowest BCUT2D eigenvalue weighted by atomic mass is 10.0. The molecule has 60 heavy (non-hydrogen) atoms. The predicted octanol–water partition coefficient (Wildman–Crippen LogP) is 16.9. The van der Waals surface area contributed by atoms with Crippen LogP contribution in [0.1, 0.15) is 271 Å². The van der Waals surface area contributed by atoms with Gasteiger partial charge in [0, 0.05) is 19.3 Å². The lowest BCUT2D eigenvalue weighted by molar-refractivity contribution is -0.167. The Morgan fingerprint density at radius 3 is 1.00 bits per heavy atom. The molecule has 0 aromatic rings. The van der Waals surface area contributed by atoms with Crippen LogP contribution in [0.15, 0.2) is 36.5 Å². The van der Waals surface area contributed by atoms with Gasteiger partial charge in [0.15, 0.2) is 6.10 Å². The van der Waals surface area contributed by atoms with E-state index in [-0.39, 0.29) is 31.1 Å². The lowest BCUT2D eigenvalue weighted by Gasteiger charge is -2.18. The molecule has 0 saturated carbocycles. The van der Waals surface area contributed by atoms with Crippen LogP contribution in [-0.4, -0.2) is 37.2 Å². The van der Waals surface area contributed by atoms with Gasteiger partial charge in [-0.3, -0.25) is 14.4 Å². The minimum absolute atomic E-state index is 0.0738. The van der Waals surface area contributed by atoms with Gasteiger partial charge in [0.05, 0.1) is 0 Å². The molecule has 0 bridgehead atoms. The zero-order valence-corrected chi connectivity index (χ0v) is 40.0. The molecule has 1 atom stereocenters. The van der Waals surface area contributed by atoms with Gasteiger partial charge in [0.1, 0.15) is 13.2 Å². The zero-order chi connectivity index (χ0) is 43.7. The van der Waals surface area contributed by atoms with Gasteiger partial charge < -0.3 is 14.2 Å². The first-order valence-corrected chi connectivity index (χ1v) is 26.0. The van der Waals surface area contributed by atoms with E-state index in [1.807, 2.05) is 0 Å². The molecule has 350 valence electrons. The highest BCUT2D eigenvalue weighted by atomic mass is 16.6. The predicted molar refractivity (Wildman–Crippen MR) is 256 cm³/mol. The van der Waals surface area contributed by atoms with E-state index in [1.54, 1.807) is 0 Å². The van der Waals surface area contributed by atoms with Crippen LogP contribution in [-0.2, 0) is 28.6 Å². The lowest BCUT2D eigenvalue weighted by Crippen LogP contribution is -2.30. The number of allylic oxidation sites excluding steroid dienone is 6. The number of rotatable bonds is 47. The smallest absolute Gasteiger partial charge is 0.306 e. The molecule has 0 heterocycles. The summed E-state index contributed by atoms with van der Waals surface area (Å²) in [4.78, 5) is 37.8. The molecule has 0 aliphatic carbocycles. The molecule has 0 radical (unpaired) electrons. The Kier molecular flexibility index (Phi) is 47.3. The number of ether oxygens (including phenoxy) is 3. The van der Waals surface area contributed by atoms with Crippen molar-refractivity contribution in [1.82, 2.24) is 0 Å². The maximum Gasteiger partial charge on any atom is 0.306 e. The molecular formula is C54H98O6. The second-order valence-electron chi connectivity index (χ2n) is 17.4. The summed E-state index contributed by atoms with van der Waals surface area (Å²) >= 11 is 0. The minimum atomic E-state index is -0.771. The summed E-state index contributed by atoms with van der Waals surface area (Å²) in [5.74, 6) is -0.882. The van der Waals surface area contributed by atoms with Crippen LogP contribution in [0.5, 0.6) is 0 Å². The van der Waals surface area contributed by atoms with E-state index in [4.69, 9.17) is 14.2 Å². The fourth-order valence-corrected chi connectivity index (χ4v) is 7.42. The van der Waals surface area contributed by atoms with Gasteiger partial charge in [-0.25, -0.2) is 0 Å². The molecule has 6 heteroatoms. The van der Waals surface area contributed by atoms with Crippen molar-refractivity contribution in [3.63, 3.8) is 0 Å². The molecule has 0 aliphatic rings. The van der Waals surface area contributed by atoms with Crippen LogP contribution in [0.2, 0.25) is 0 Å². The average Bonchev–Trinajstić information content (AvgIpc) is 3.24. The molecule has 0 fully saturated rings. The van der Waals surface area contributed by atoms with Crippen LogP contribution in [0.3, 0.4) is 0 Å². The second-order valence-corrected chi connectivity index (χ2v) is 17.4. The average molecular weight is 843 g/mol. The van der Waals surface area contributed by atoms with E-state index in [1.165, 1.54) is 148 Å². The maximum absolute atomic E-state index is 12.7. The highest BCUT2D eigenvalue weighted by Gasteiger charge is 2.19. The normalized spacial score (nSPS) is 12.2. The maximum atomic E-state index is 12.7. The Morgan fingerprint density at radius 1 is 0.333 bits per heavy atom. The summed E-state index contributed by atoms with van der Waals surface area (Å²) in [6.07, 6.45) is 57.2. The molecular weight excluding hydrogens is 745 g/mol. The van der Waals surface area contributed by atoms with Crippen LogP contribution < -0.4 is 0 Å². The standard InChI is InChI=1S/C54H98O6/c1-4-7-10-13-16-19-21-22-23-24-25-26-27-28-29-30-31-32-33-36-38-41-44-47-53(56)59-50-51(49-58-52(55)46-43-40-37-34-18-15-12-9-6-3)60-54(57)48-45-42-39-35-20-17-14-11-8-5-2/h11,14,21-22,24-25,51H,4-10,12-13,15-20,23,26-50H2,1-3H3/b14-11-,22-21-,25-24-. The Bertz CT molecular complexity index is 1020. The van der Waals surface area contributed by atoms with Crippen molar-refractivity contribution in [1.29, 1.82) is 0 Å². The summed E-state index contributed by atoms with van der Waals surface area (Å²) in [5.41, 5.74) is 0. The van der Waals surface area contributed by atoms with Gasteiger partial charge in [-0.15, -0.1) is 0 Å². The van der Waals surface area contributed by atoms with Crippen LogP contribution in [0.4, 0.5) is 0 Å². The fraction of sp³-hybridized carbons (Fsp3) is 0.833. The van der Waals surface area contributed by atoms with Crippen molar-refractivity contribution in [2.24, 2.45) is 0 Å². The third-order valence-corrected chi connectivity index (χ3v) is 11.3. The summed E-state index contributed by atoms with van der Waals surface area (Å²) in [6.45, 7) is 6.55. The van der Waals surface area contributed by atoms with Gasteiger partial charge in [-0.2, -0.15) is 0 Å². The largest absolute Gasteiger partial charge is 0.462 e. The molecule has 0 aromatic carbocycles. The number of esters is 3. The number of carbonyl (C=O) groups excluding carboxylic acids is 3. The summed E-state index contributed by atoms with van der Waals surface area (Å²) < 4.78 is 16.7. The monoisotopic (exact) mass is 843 g/mol. The molecule has 6 nitrogen and oxygen atoms in total. The van der Waals surface area contributed by atoms with Crippen molar-refractivity contribution in [2.75, 3.05) is 13.2 Å². The molecule has 0 amide bonds. The number of hydrogen-bond donors (Lipinski definition) is 0. The van der Waals surface area contributed by atoms with Crippen molar-refractivity contribution < 1.29 is 28.6 Å². The third kappa shape index (κ3) is 46.7. The van der Waals surface area contributed by atoms with Crippen molar-refractivity contribution in [2.45, 2.75) is 277 Å². The molecule has 0 aliphatic heterocycles. The van der Waals surface area contributed by atoms with E-state index in [0.29, 0.717) is 19.3 Å². The van der Waals surface area contributed by atoms with E-state index in [2.05, 4.69) is 57.2 Å². The first-order chi connectivity index (χ1) is 29.5. The zero-order valence-electron chi connectivity index (χ0n) is 40.0. The van der Waals surface area contributed by atoms with E-state index in [0.717, 1.165) is 83.5 Å². The van der Waals surface area contributed by atoms with E-state index in [9.17, 15) is 14.4 Å². The SMILES string of the molecule is CCC/C=C\CCCCCCCC(=O)OC(COC(=O)CCCCCCCCCCC)COC(=O)CCCCCCCCCCCCC/C=C\C/C=C\CCCCCCC. The Balaban J connectivity index is 4.16. The summed E-state index contributed by atoms with van der Waals surface area (Å²) in [7, 11) is 0. The number of carbonyl (C=O) groups is 3. The molecule has 0 rings (SSSR count). The van der Waals surface area contributed by atoms with Gasteiger partial charge >= 0.3 is 17.9 Å². The van der Waals surface area contributed by atoms with Crippen LogP contribution >= 0.6 is 0 Å². The van der Waals surface area contributed by atoms with E-state index >= 15 is 0 Å². The second kappa shape index (κ2) is 49.3. The van der Waals surface area contributed by atoms with Crippen LogP contribution in [0.25, 0.3) is 0 Å². The van der Waals surface area contributed by atoms with Gasteiger partial charge in [0.2, 0.25) is 0 Å². The first-order valence-electron chi connectivity index (χ1n) is 26.0. The number of hydrogen-bond acceptors (Lipinski definition) is 6. The summed E-state index contributed by atoms with van der Waals surface area (Å²) in [6, 6.07) is 0. The quantitative estimate of drug-likeness (QED) is 0.0263. The molecule has 0 aromatic heterocycles. The van der Waals surface area contributed by atoms with Crippen LogP contribution in [0, 0.1) is 0 Å². The van der Waals surface area contributed by atoms with Gasteiger partial charge in [-0.1, -0.05) is 218 Å². The molecule has 0 saturated heterocycles. The molecule has 0 N–H and O–H groups in total. The minimum Gasteiger partial charge on any atom is -0.462 e. The fourth-order valence-electron chi connectivity index (χ4n) is 7.42. The highest BCUT2D eigenvalue weighted by Crippen LogP contribution is 2.15. The Labute approximate surface area is 372 Å². The van der Waals surface area contributed by atoms with Gasteiger partial charge in [0.25, 0.3) is 0 Å². The van der Waals surface area contributed by atoms with Gasteiger partial charge in [-0.05, 0) is 70.6 Å². The summed E-state index contributed by atoms with van der Waals surface area (Å²) in [5, 5.41) is 0. The van der Waals surface area contributed by atoms with Crippen molar-refractivity contribution >= 4 is 17.9 Å². The number of unbranched alkanes of at least 4 members (excludes halogenated alkanes) is 30. The Morgan fingerprint density at radius 2 is 0.633 bits per heavy atom. The first kappa shape index (κ1) is 57.6. The third-order valence-electron chi connectivity index (χ3n) is 11.3. The topological polar surface area (TPSA) is 78.9 Å². The molecule has 1 unspecified atom stereocenters. The highest BCUT2D eigenvalue weighted by molar-refractivity contribution is 5.71. The van der Waals surface area contributed by atoms with E-state index < -0.39 is 6.10 Å².